The number of hydrogen-bond donors (Lipinski definition) is 2. The van der Waals surface area contributed by atoms with Gasteiger partial charge in [0.15, 0.2) is 0 Å². The Hall–Kier alpha value is -1.00. The van der Waals surface area contributed by atoms with Gasteiger partial charge >= 0.3 is 5.97 Å². The van der Waals surface area contributed by atoms with Gasteiger partial charge in [0.25, 0.3) is 0 Å². The van der Waals surface area contributed by atoms with E-state index in [1.807, 2.05) is 37.3 Å². The lowest BCUT2D eigenvalue weighted by atomic mass is 10.1. The number of carbonyl (C=O) groups is 1. The second-order valence-electron chi connectivity index (χ2n) is 3.13. The molecule has 1 aromatic rings. The molecule has 15 heavy (non-hydrogen) atoms. The zero-order chi connectivity index (χ0) is 11.1. The van der Waals surface area contributed by atoms with E-state index in [1.54, 1.807) is 0 Å². The molecule has 1 rings (SSSR count). The van der Waals surface area contributed by atoms with Crippen molar-refractivity contribution in [2.75, 3.05) is 5.75 Å². The lowest BCUT2D eigenvalue weighted by Crippen LogP contribution is -2.34. The van der Waals surface area contributed by atoms with E-state index in [0.29, 0.717) is 6.42 Å². The van der Waals surface area contributed by atoms with Gasteiger partial charge in [0.05, 0.1) is 0 Å². The molecule has 0 bridgehead atoms. The minimum atomic E-state index is -0.806. The van der Waals surface area contributed by atoms with Crippen LogP contribution in [-0.4, -0.2) is 22.9 Å². The molecule has 2 N–H and O–H groups in total. The molecule has 3 nitrogen and oxygen atoms in total. The third kappa shape index (κ3) is 4.36. The molecule has 0 aliphatic heterocycles. The second kappa shape index (κ2) is 6.48. The Morgan fingerprint density at radius 3 is 2.67 bits per heavy atom. The fourth-order valence-corrected chi connectivity index (χ4v) is 1.77. The van der Waals surface area contributed by atoms with Crippen molar-refractivity contribution >= 4 is 17.9 Å². The van der Waals surface area contributed by atoms with Crippen LogP contribution in [0.2, 0.25) is 0 Å². The summed E-state index contributed by atoms with van der Waals surface area (Å²) in [6, 6.07) is 9.12. The van der Waals surface area contributed by atoms with Gasteiger partial charge in [-0.2, -0.15) is 0 Å². The summed E-state index contributed by atoms with van der Waals surface area (Å²) in [4.78, 5) is 10.9. The predicted octanol–water partition coefficient (Wildman–Crippen LogP) is 1.94. The molecule has 0 unspecified atom stereocenters. The van der Waals surface area contributed by atoms with E-state index in [9.17, 15) is 4.79 Å². The van der Waals surface area contributed by atoms with Gasteiger partial charge in [0.1, 0.15) is 6.04 Å². The van der Waals surface area contributed by atoms with Crippen LogP contribution < -0.4 is 4.72 Å². The first kappa shape index (κ1) is 12.1. The lowest BCUT2D eigenvalue weighted by Gasteiger charge is -2.12. The first-order valence-corrected chi connectivity index (χ1v) is 5.86. The quantitative estimate of drug-likeness (QED) is 0.726. The van der Waals surface area contributed by atoms with Crippen LogP contribution in [0.15, 0.2) is 30.3 Å². The van der Waals surface area contributed by atoms with Crippen LogP contribution in [0.5, 0.6) is 0 Å². The average molecular weight is 225 g/mol. The highest BCUT2D eigenvalue weighted by atomic mass is 32.2. The van der Waals surface area contributed by atoms with Crippen molar-refractivity contribution < 1.29 is 9.90 Å². The first-order chi connectivity index (χ1) is 7.24. The predicted molar refractivity (Wildman–Crippen MR) is 62.8 cm³/mol. The van der Waals surface area contributed by atoms with Crippen molar-refractivity contribution in [2.45, 2.75) is 19.4 Å². The van der Waals surface area contributed by atoms with Crippen LogP contribution in [-0.2, 0) is 11.2 Å². The number of rotatable bonds is 6. The lowest BCUT2D eigenvalue weighted by molar-refractivity contribution is -0.138. The van der Waals surface area contributed by atoms with Crippen LogP contribution in [0.1, 0.15) is 12.5 Å². The third-order valence-corrected chi connectivity index (χ3v) is 2.69. The molecule has 1 atom stereocenters. The number of hydrogen-bond acceptors (Lipinski definition) is 3. The fourth-order valence-electron chi connectivity index (χ4n) is 1.21. The van der Waals surface area contributed by atoms with Gasteiger partial charge < -0.3 is 5.11 Å². The van der Waals surface area contributed by atoms with Gasteiger partial charge in [-0.25, -0.2) is 4.72 Å². The van der Waals surface area contributed by atoms with E-state index >= 15 is 0 Å². The smallest absolute Gasteiger partial charge is 0.321 e. The molecule has 4 heteroatoms. The molecule has 82 valence electrons. The van der Waals surface area contributed by atoms with E-state index in [-0.39, 0.29) is 0 Å². The highest BCUT2D eigenvalue weighted by Gasteiger charge is 2.16. The Labute approximate surface area is 94.0 Å². The summed E-state index contributed by atoms with van der Waals surface area (Å²) in [6.45, 7) is 1.99. The molecular formula is C11H15NO2S. The van der Waals surface area contributed by atoms with Gasteiger partial charge in [0, 0.05) is 5.75 Å². The molecule has 0 heterocycles. The summed E-state index contributed by atoms with van der Waals surface area (Å²) in [5, 5.41) is 8.99. The highest BCUT2D eigenvalue weighted by molar-refractivity contribution is 7.97. The molecule has 0 fully saturated rings. The van der Waals surface area contributed by atoms with Crippen molar-refractivity contribution in [3.8, 4) is 0 Å². The highest BCUT2D eigenvalue weighted by Crippen LogP contribution is 2.06. The minimum absolute atomic E-state index is 0.516. The second-order valence-corrected chi connectivity index (χ2v) is 4.23. The van der Waals surface area contributed by atoms with Crippen molar-refractivity contribution in [2.24, 2.45) is 0 Å². The van der Waals surface area contributed by atoms with Crippen molar-refractivity contribution in [1.29, 1.82) is 0 Å². The van der Waals surface area contributed by atoms with E-state index in [2.05, 4.69) is 4.72 Å². The first-order valence-electron chi connectivity index (χ1n) is 4.88. The van der Waals surface area contributed by atoms with Crippen molar-refractivity contribution in [3.63, 3.8) is 0 Å². The maximum Gasteiger partial charge on any atom is 0.321 e. The molecular weight excluding hydrogens is 210 g/mol. The molecule has 1 aromatic carbocycles. The summed E-state index contributed by atoms with van der Waals surface area (Å²) in [6.07, 6.45) is 0.517. The molecule has 0 aliphatic carbocycles. The number of nitrogens with one attached hydrogen (secondary N) is 1. The number of benzene rings is 1. The van der Waals surface area contributed by atoms with Gasteiger partial charge in [-0.15, -0.1) is 0 Å². The third-order valence-electron chi connectivity index (χ3n) is 1.95. The molecule has 0 amide bonds. The maximum atomic E-state index is 10.9. The van der Waals surface area contributed by atoms with E-state index in [0.717, 1.165) is 11.3 Å². The molecule has 0 saturated carbocycles. The molecule has 0 aliphatic rings. The Morgan fingerprint density at radius 2 is 2.13 bits per heavy atom. The average Bonchev–Trinajstić information content (AvgIpc) is 2.25. The number of aliphatic carboxylic acids is 1. The minimum Gasteiger partial charge on any atom is -0.480 e. The zero-order valence-electron chi connectivity index (χ0n) is 8.64. The summed E-state index contributed by atoms with van der Waals surface area (Å²) in [5.74, 6) is 0.0540. The Bertz CT molecular complexity index is 303. The Kier molecular flexibility index (Phi) is 5.21. The molecule has 0 aromatic heterocycles. The fraction of sp³-hybridized carbons (Fsp3) is 0.364. The summed E-state index contributed by atoms with van der Waals surface area (Å²) in [5.41, 5.74) is 1.04. The molecule has 0 saturated heterocycles. The monoisotopic (exact) mass is 225 g/mol. The van der Waals surface area contributed by atoms with Crippen molar-refractivity contribution in [3.05, 3.63) is 35.9 Å². The SMILES string of the molecule is CCSN[C@@H](Cc1ccccc1)C(=O)O. The standard InChI is InChI=1S/C11H15NO2S/c1-2-15-12-10(11(13)14)8-9-6-4-3-5-7-9/h3-7,10,12H,2,8H2,1H3,(H,13,14)/t10-/m0/s1. The van der Waals surface area contributed by atoms with E-state index in [4.69, 9.17) is 5.11 Å². The summed E-state index contributed by atoms with van der Waals surface area (Å²) in [7, 11) is 0. The largest absolute Gasteiger partial charge is 0.480 e. The van der Waals surface area contributed by atoms with Crippen LogP contribution in [0.25, 0.3) is 0 Å². The van der Waals surface area contributed by atoms with Crippen LogP contribution in [0, 0.1) is 0 Å². The molecule has 0 radical (unpaired) electrons. The van der Waals surface area contributed by atoms with Gasteiger partial charge in [-0.3, -0.25) is 4.79 Å². The van der Waals surface area contributed by atoms with Crippen molar-refractivity contribution in [1.82, 2.24) is 4.72 Å². The van der Waals surface area contributed by atoms with Crippen LogP contribution >= 0.6 is 11.9 Å². The van der Waals surface area contributed by atoms with Crippen LogP contribution in [0.3, 0.4) is 0 Å². The summed E-state index contributed by atoms with van der Waals surface area (Å²) < 4.78 is 2.93. The normalized spacial score (nSPS) is 12.3. The number of carboxylic acid groups (broad SMARTS) is 1. The van der Waals surface area contributed by atoms with Gasteiger partial charge in [-0.1, -0.05) is 49.2 Å². The van der Waals surface area contributed by atoms with E-state index in [1.165, 1.54) is 11.9 Å². The molecule has 0 spiro atoms. The topological polar surface area (TPSA) is 49.3 Å². The zero-order valence-corrected chi connectivity index (χ0v) is 9.46. The Balaban J connectivity index is 2.55. The maximum absolute atomic E-state index is 10.9. The summed E-state index contributed by atoms with van der Waals surface area (Å²) >= 11 is 1.43. The van der Waals surface area contributed by atoms with E-state index < -0.39 is 12.0 Å². The number of carboxylic acids is 1. The van der Waals surface area contributed by atoms with Gasteiger partial charge in [0.2, 0.25) is 0 Å². The van der Waals surface area contributed by atoms with Crippen LogP contribution in [0.4, 0.5) is 0 Å². The van der Waals surface area contributed by atoms with Gasteiger partial charge in [-0.05, 0) is 12.0 Å². The Morgan fingerprint density at radius 1 is 1.47 bits per heavy atom.